The van der Waals surface area contributed by atoms with Gasteiger partial charge in [0.1, 0.15) is 17.3 Å². The van der Waals surface area contributed by atoms with Gasteiger partial charge in [-0.05, 0) is 68.4 Å². The summed E-state index contributed by atoms with van der Waals surface area (Å²) in [4.78, 5) is 12.8. The van der Waals surface area contributed by atoms with E-state index in [4.69, 9.17) is 21.4 Å². The topological polar surface area (TPSA) is 60.7 Å². The van der Waals surface area contributed by atoms with E-state index in [1.807, 2.05) is 12.1 Å². The first-order valence-electron chi connectivity index (χ1n) is 10.9. The van der Waals surface area contributed by atoms with Gasteiger partial charge in [0.25, 0.3) is 0 Å². The van der Waals surface area contributed by atoms with E-state index in [2.05, 4.69) is 4.74 Å². The summed E-state index contributed by atoms with van der Waals surface area (Å²) in [6, 6.07) is 15.0. The number of aliphatic carboxylic acids is 1. The molecule has 3 aromatic carbocycles. The Labute approximate surface area is 218 Å². The van der Waals surface area contributed by atoms with E-state index in [1.165, 1.54) is 49.0 Å². The van der Waals surface area contributed by atoms with Crippen molar-refractivity contribution in [1.29, 1.82) is 0 Å². The van der Waals surface area contributed by atoms with Gasteiger partial charge in [-0.2, -0.15) is 0 Å². The van der Waals surface area contributed by atoms with Crippen LogP contribution < -0.4 is 9.47 Å². The van der Waals surface area contributed by atoms with Crippen LogP contribution in [0.4, 0.5) is 17.6 Å². The zero-order valence-corrected chi connectivity index (χ0v) is 21.0. The normalized spacial score (nSPS) is 12.5. The molecule has 0 fully saturated rings. The predicted molar refractivity (Wildman–Crippen MR) is 132 cm³/mol. The number of carboxylic acid groups (broad SMARTS) is 1. The van der Waals surface area contributed by atoms with Crippen LogP contribution in [-0.4, -0.2) is 28.1 Å². The van der Waals surface area contributed by atoms with Gasteiger partial charge in [-0.3, -0.25) is 0 Å². The maximum absolute atomic E-state index is 14.8. The molecule has 37 heavy (non-hydrogen) atoms. The SMILES string of the molecule is Cc1c(Sc2ccc(Cl)cc2)c2ccc(OC(F)(F)F)cc2n1Cc1cc(O[C@@H](C)C(=O)O)ccc1F. The van der Waals surface area contributed by atoms with Gasteiger partial charge < -0.3 is 19.1 Å². The number of fused-ring (bicyclic) bond motifs is 1. The predicted octanol–water partition coefficient (Wildman–Crippen LogP) is 7.69. The molecule has 0 aliphatic carbocycles. The van der Waals surface area contributed by atoms with Crippen molar-refractivity contribution in [3.63, 3.8) is 0 Å². The van der Waals surface area contributed by atoms with E-state index >= 15 is 0 Å². The summed E-state index contributed by atoms with van der Waals surface area (Å²) in [5.74, 6) is -2.02. The second kappa shape index (κ2) is 10.5. The minimum Gasteiger partial charge on any atom is -0.479 e. The Bertz CT molecular complexity index is 1450. The molecule has 194 valence electrons. The van der Waals surface area contributed by atoms with E-state index in [0.29, 0.717) is 21.6 Å². The van der Waals surface area contributed by atoms with Crippen molar-refractivity contribution in [3.8, 4) is 11.5 Å². The third-order valence-electron chi connectivity index (χ3n) is 5.51. The summed E-state index contributed by atoms with van der Waals surface area (Å²) < 4.78 is 64.7. The van der Waals surface area contributed by atoms with Gasteiger partial charge >= 0.3 is 12.3 Å². The quantitative estimate of drug-likeness (QED) is 0.227. The van der Waals surface area contributed by atoms with Crippen LogP contribution >= 0.6 is 23.4 Å². The van der Waals surface area contributed by atoms with E-state index in [0.717, 1.165) is 15.9 Å². The summed E-state index contributed by atoms with van der Waals surface area (Å²) in [6.45, 7) is 3.08. The number of aromatic nitrogens is 1. The lowest BCUT2D eigenvalue weighted by molar-refractivity contribution is -0.274. The Kier molecular flexibility index (Phi) is 7.61. The smallest absolute Gasteiger partial charge is 0.479 e. The van der Waals surface area contributed by atoms with Gasteiger partial charge in [0.2, 0.25) is 0 Å². The number of hydrogen-bond donors (Lipinski definition) is 1. The summed E-state index contributed by atoms with van der Waals surface area (Å²) in [7, 11) is 0. The number of halogens is 5. The second-order valence-electron chi connectivity index (χ2n) is 8.13. The molecule has 1 N–H and O–H groups in total. The highest BCUT2D eigenvalue weighted by Gasteiger charge is 2.31. The fourth-order valence-electron chi connectivity index (χ4n) is 3.75. The summed E-state index contributed by atoms with van der Waals surface area (Å²) >= 11 is 7.38. The van der Waals surface area contributed by atoms with Crippen molar-refractivity contribution in [1.82, 2.24) is 4.57 Å². The fraction of sp³-hybridized carbons (Fsp3) is 0.192. The molecule has 0 saturated carbocycles. The van der Waals surface area contributed by atoms with Crippen molar-refractivity contribution in [3.05, 3.63) is 82.8 Å². The Morgan fingerprint density at radius 2 is 1.76 bits per heavy atom. The summed E-state index contributed by atoms with van der Waals surface area (Å²) in [5.41, 5.74) is 1.25. The molecule has 4 aromatic rings. The van der Waals surface area contributed by atoms with Crippen molar-refractivity contribution >= 4 is 40.2 Å². The molecule has 0 saturated heterocycles. The molecule has 4 rings (SSSR count). The minimum atomic E-state index is -4.88. The summed E-state index contributed by atoms with van der Waals surface area (Å²) in [5, 5.41) is 10.3. The maximum atomic E-state index is 14.8. The number of rotatable bonds is 8. The van der Waals surface area contributed by atoms with Crippen LogP contribution in [0.2, 0.25) is 5.02 Å². The minimum absolute atomic E-state index is 0.0521. The number of carboxylic acids is 1. The molecule has 0 spiro atoms. The zero-order chi connectivity index (χ0) is 26.9. The molecular formula is C26H20ClF4NO4S. The van der Waals surface area contributed by atoms with Crippen molar-refractivity contribution in [2.45, 2.75) is 42.6 Å². The van der Waals surface area contributed by atoms with Crippen LogP contribution in [0.1, 0.15) is 18.2 Å². The highest BCUT2D eigenvalue weighted by Crippen LogP contribution is 2.41. The molecule has 1 atom stereocenters. The number of hydrogen-bond acceptors (Lipinski definition) is 4. The Morgan fingerprint density at radius 3 is 2.41 bits per heavy atom. The van der Waals surface area contributed by atoms with Crippen LogP contribution in [0.5, 0.6) is 11.5 Å². The Balaban J connectivity index is 1.79. The number of nitrogens with zero attached hydrogens (tertiary/aromatic N) is 1. The average Bonchev–Trinajstić information content (AvgIpc) is 3.06. The Morgan fingerprint density at radius 1 is 1.08 bits per heavy atom. The third-order valence-corrected chi connectivity index (χ3v) is 6.99. The van der Waals surface area contributed by atoms with Crippen LogP contribution in [0.25, 0.3) is 10.9 Å². The molecule has 0 aliphatic heterocycles. The Hall–Kier alpha value is -3.37. The number of ether oxygens (including phenoxy) is 2. The van der Waals surface area contributed by atoms with Gasteiger partial charge in [-0.15, -0.1) is 13.2 Å². The van der Waals surface area contributed by atoms with Gasteiger partial charge in [0, 0.05) is 37.5 Å². The second-order valence-corrected chi connectivity index (χ2v) is 9.66. The summed E-state index contributed by atoms with van der Waals surface area (Å²) in [6.07, 6.45) is -6.03. The standard InChI is InChI=1S/C26H20ClF4NO4S/c1-14-24(37-20-7-3-17(27)4-8-20)21-9-5-19(36-26(29,30)31)12-23(21)32(14)13-16-11-18(6-10-22(16)28)35-15(2)25(33)34/h3-12,15H,13H2,1-2H3,(H,33,34)/t15-/m0/s1. The van der Waals surface area contributed by atoms with Crippen molar-refractivity contribution < 1.29 is 36.9 Å². The van der Waals surface area contributed by atoms with Crippen LogP contribution in [0, 0.1) is 12.7 Å². The van der Waals surface area contributed by atoms with Crippen LogP contribution in [-0.2, 0) is 11.3 Å². The molecule has 0 bridgehead atoms. The van der Waals surface area contributed by atoms with Gasteiger partial charge in [0.05, 0.1) is 12.1 Å². The third kappa shape index (κ3) is 6.31. The van der Waals surface area contributed by atoms with E-state index in [1.54, 1.807) is 23.6 Å². The zero-order valence-electron chi connectivity index (χ0n) is 19.5. The van der Waals surface area contributed by atoms with E-state index < -0.39 is 30.0 Å². The van der Waals surface area contributed by atoms with Crippen molar-refractivity contribution in [2.24, 2.45) is 0 Å². The van der Waals surface area contributed by atoms with Crippen LogP contribution in [0.3, 0.4) is 0 Å². The first-order chi connectivity index (χ1) is 17.4. The molecule has 1 aromatic heterocycles. The van der Waals surface area contributed by atoms with Gasteiger partial charge in [0.15, 0.2) is 6.10 Å². The molecule has 5 nitrogen and oxygen atoms in total. The average molecular weight is 554 g/mol. The van der Waals surface area contributed by atoms with Gasteiger partial charge in [-0.1, -0.05) is 23.4 Å². The van der Waals surface area contributed by atoms with E-state index in [9.17, 15) is 22.4 Å². The molecule has 0 radical (unpaired) electrons. The molecular weight excluding hydrogens is 534 g/mol. The lowest BCUT2D eigenvalue weighted by Crippen LogP contribution is -2.23. The number of benzene rings is 3. The molecule has 11 heteroatoms. The highest BCUT2D eigenvalue weighted by molar-refractivity contribution is 7.99. The monoisotopic (exact) mass is 553 g/mol. The van der Waals surface area contributed by atoms with Crippen LogP contribution in [0.15, 0.2) is 70.5 Å². The number of carbonyl (C=O) groups is 1. The fourth-order valence-corrected chi connectivity index (χ4v) is 4.92. The van der Waals surface area contributed by atoms with Crippen molar-refractivity contribution in [2.75, 3.05) is 0 Å². The molecule has 0 aliphatic rings. The first-order valence-corrected chi connectivity index (χ1v) is 12.1. The maximum Gasteiger partial charge on any atom is 0.573 e. The van der Waals surface area contributed by atoms with E-state index in [-0.39, 0.29) is 17.9 Å². The lowest BCUT2D eigenvalue weighted by Gasteiger charge is -2.14. The molecule has 0 amide bonds. The molecule has 0 unspecified atom stereocenters. The molecule has 1 heterocycles. The van der Waals surface area contributed by atoms with Gasteiger partial charge in [-0.25, -0.2) is 9.18 Å². The largest absolute Gasteiger partial charge is 0.573 e. The number of alkyl halides is 3. The first kappa shape index (κ1) is 26.7. The highest BCUT2D eigenvalue weighted by atomic mass is 35.5. The lowest BCUT2D eigenvalue weighted by atomic mass is 10.2.